The first-order chi connectivity index (χ1) is 10.7. The number of hydrogen-bond acceptors (Lipinski definition) is 7. The van der Waals surface area contributed by atoms with Crippen molar-refractivity contribution in [3.05, 3.63) is 35.8 Å². The average Bonchev–Trinajstić information content (AvgIpc) is 3.01. The molecule has 22 heavy (non-hydrogen) atoms. The number of thioether (sulfide) groups is 1. The maximum absolute atomic E-state index is 12.6. The van der Waals surface area contributed by atoms with Crippen LogP contribution in [-0.2, 0) is 14.3 Å². The Morgan fingerprint density at radius 3 is 3.00 bits per heavy atom. The first-order valence-electron chi connectivity index (χ1n) is 6.60. The van der Waals surface area contributed by atoms with E-state index in [0.717, 1.165) is 16.7 Å². The molecule has 1 amide bonds. The summed E-state index contributed by atoms with van der Waals surface area (Å²) in [6, 6.07) is 7.31. The molecule has 0 saturated carbocycles. The van der Waals surface area contributed by atoms with E-state index in [0.29, 0.717) is 10.8 Å². The van der Waals surface area contributed by atoms with Crippen LogP contribution in [0.3, 0.4) is 0 Å². The van der Waals surface area contributed by atoms with Gasteiger partial charge in [0.1, 0.15) is 0 Å². The molecular formula is C14H13N3O3S2. The Morgan fingerprint density at radius 1 is 1.45 bits per heavy atom. The van der Waals surface area contributed by atoms with Gasteiger partial charge in [-0.1, -0.05) is 23.9 Å². The van der Waals surface area contributed by atoms with Gasteiger partial charge in [0.25, 0.3) is 10.8 Å². The van der Waals surface area contributed by atoms with E-state index in [2.05, 4.69) is 15.6 Å². The van der Waals surface area contributed by atoms with Crippen LogP contribution in [0, 0.1) is 0 Å². The summed E-state index contributed by atoms with van der Waals surface area (Å²) in [5.41, 5.74) is 0.679. The van der Waals surface area contributed by atoms with Crippen LogP contribution in [0.5, 0.6) is 0 Å². The largest absolute Gasteiger partial charge is 0.463 e. The minimum absolute atomic E-state index is 0.190. The molecule has 0 fully saturated rings. The monoisotopic (exact) mass is 335 g/mol. The molecule has 2 N–H and O–H groups in total. The highest BCUT2D eigenvalue weighted by atomic mass is 32.2. The minimum atomic E-state index is -1.58. The predicted octanol–water partition coefficient (Wildman–Crippen LogP) is 2.56. The molecule has 0 aliphatic carbocycles. The summed E-state index contributed by atoms with van der Waals surface area (Å²) in [4.78, 5) is 28.4. The van der Waals surface area contributed by atoms with Crippen molar-refractivity contribution < 1.29 is 14.3 Å². The third-order valence-corrected chi connectivity index (χ3v) is 5.02. The molecule has 0 unspecified atom stereocenters. The maximum Gasteiger partial charge on any atom is 0.353 e. The molecule has 0 spiro atoms. The first kappa shape index (κ1) is 14.9. The molecule has 0 radical (unpaired) electrons. The van der Waals surface area contributed by atoms with E-state index in [9.17, 15) is 9.59 Å². The lowest BCUT2D eigenvalue weighted by Gasteiger charge is -2.34. The summed E-state index contributed by atoms with van der Waals surface area (Å²) in [5, 5.41) is 7.94. The van der Waals surface area contributed by atoms with Gasteiger partial charge in [-0.3, -0.25) is 4.79 Å². The normalized spacial score (nSPS) is 20.0. The van der Waals surface area contributed by atoms with Crippen LogP contribution in [0.25, 0.3) is 0 Å². The molecule has 1 aliphatic rings. The summed E-state index contributed by atoms with van der Waals surface area (Å²) in [6.45, 7) is 1.89. The zero-order chi connectivity index (χ0) is 15.6. The molecule has 1 aromatic carbocycles. The quantitative estimate of drug-likeness (QED) is 0.660. The van der Waals surface area contributed by atoms with Gasteiger partial charge in [-0.2, -0.15) is 0 Å². The van der Waals surface area contributed by atoms with E-state index >= 15 is 0 Å². The van der Waals surface area contributed by atoms with Crippen LogP contribution in [-0.4, -0.2) is 28.3 Å². The first-order valence-corrected chi connectivity index (χ1v) is 8.29. The van der Waals surface area contributed by atoms with Gasteiger partial charge >= 0.3 is 5.97 Å². The van der Waals surface area contributed by atoms with Gasteiger partial charge in [-0.05, 0) is 19.1 Å². The zero-order valence-electron chi connectivity index (χ0n) is 11.7. The van der Waals surface area contributed by atoms with Crippen molar-refractivity contribution in [3.8, 4) is 0 Å². The number of rotatable bonds is 4. The van der Waals surface area contributed by atoms with Crippen molar-refractivity contribution in [2.45, 2.75) is 16.7 Å². The molecule has 0 saturated heterocycles. The lowest BCUT2D eigenvalue weighted by Crippen LogP contribution is -2.55. The molecule has 0 bridgehead atoms. The van der Waals surface area contributed by atoms with Crippen molar-refractivity contribution in [3.63, 3.8) is 0 Å². The van der Waals surface area contributed by atoms with Crippen molar-refractivity contribution in [2.75, 3.05) is 17.2 Å². The number of fused-ring (bicyclic) bond motifs is 1. The number of thiazole rings is 1. The maximum atomic E-state index is 12.6. The van der Waals surface area contributed by atoms with Gasteiger partial charge in [0.2, 0.25) is 0 Å². The molecular weight excluding hydrogens is 322 g/mol. The van der Waals surface area contributed by atoms with E-state index in [1.54, 1.807) is 24.6 Å². The topological polar surface area (TPSA) is 80.3 Å². The summed E-state index contributed by atoms with van der Waals surface area (Å²) >= 11 is 2.44. The van der Waals surface area contributed by atoms with Crippen LogP contribution >= 0.6 is 23.1 Å². The van der Waals surface area contributed by atoms with Crippen molar-refractivity contribution >= 4 is 45.8 Å². The zero-order valence-corrected chi connectivity index (χ0v) is 13.3. The fraction of sp³-hybridized carbons (Fsp3) is 0.214. The van der Waals surface area contributed by atoms with Gasteiger partial charge in [0.15, 0.2) is 5.13 Å². The Hall–Kier alpha value is -2.06. The van der Waals surface area contributed by atoms with Crippen LogP contribution in [0.15, 0.2) is 40.7 Å². The number of benzene rings is 1. The average molecular weight is 335 g/mol. The van der Waals surface area contributed by atoms with Crippen LogP contribution in [0.1, 0.15) is 6.92 Å². The standard InChI is InChI=1S/C14H13N3O3S2/c1-2-20-12(19)14(17-13-15-7-8-21-13)11(18)16-9-5-3-4-6-10(9)22-14/h3-8H,2H2,1H3,(H,15,17)(H,16,18)/t14-/m1/s1. The molecule has 114 valence electrons. The highest BCUT2D eigenvalue weighted by Crippen LogP contribution is 2.43. The number of carbonyl (C=O) groups is 2. The summed E-state index contributed by atoms with van der Waals surface area (Å²) in [5.74, 6) is -1.10. The Balaban J connectivity index is 2.02. The molecule has 2 heterocycles. The van der Waals surface area contributed by atoms with Gasteiger partial charge in [-0.25, -0.2) is 9.78 Å². The van der Waals surface area contributed by atoms with E-state index in [1.807, 2.05) is 18.2 Å². The van der Waals surface area contributed by atoms with E-state index in [-0.39, 0.29) is 6.61 Å². The van der Waals surface area contributed by atoms with Crippen molar-refractivity contribution in [1.82, 2.24) is 4.98 Å². The predicted molar refractivity (Wildman–Crippen MR) is 86.0 cm³/mol. The number of nitrogens with zero attached hydrogens (tertiary/aromatic N) is 1. The van der Waals surface area contributed by atoms with Gasteiger partial charge < -0.3 is 15.4 Å². The van der Waals surface area contributed by atoms with E-state index in [4.69, 9.17) is 4.74 Å². The van der Waals surface area contributed by atoms with Crippen molar-refractivity contribution in [1.29, 1.82) is 0 Å². The highest BCUT2D eigenvalue weighted by molar-refractivity contribution is 8.02. The van der Waals surface area contributed by atoms with Gasteiger partial charge in [0, 0.05) is 16.5 Å². The SMILES string of the molecule is CCOC(=O)[C@]1(Nc2nccs2)Sc2ccccc2NC1=O. The molecule has 1 atom stereocenters. The Kier molecular flexibility index (Phi) is 4.04. The molecule has 1 aliphatic heterocycles. The number of ether oxygens (including phenoxy) is 1. The summed E-state index contributed by atoms with van der Waals surface area (Å²) in [6.07, 6.45) is 1.60. The molecule has 8 heteroatoms. The Morgan fingerprint density at radius 2 is 2.27 bits per heavy atom. The third kappa shape index (κ3) is 2.55. The number of amides is 1. The smallest absolute Gasteiger partial charge is 0.353 e. The second-order valence-corrected chi connectivity index (χ2v) is 6.57. The fourth-order valence-electron chi connectivity index (χ4n) is 2.02. The lowest BCUT2D eigenvalue weighted by molar-refractivity contribution is -0.147. The van der Waals surface area contributed by atoms with Crippen molar-refractivity contribution in [2.24, 2.45) is 0 Å². The summed E-state index contributed by atoms with van der Waals surface area (Å²) < 4.78 is 5.11. The fourth-order valence-corrected chi connectivity index (χ4v) is 3.80. The Bertz CT molecular complexity index is 705. The molecule has 1 aromatic heterocycles. The molecule has 6 nitrogen and oxygen atoms in total. The number of para-hydroxylation sites is 1. The van der Waals surface area contributed by atoms with Crippen LogP contribution in [0.4, 0.5) is 10.8 Å². The number of carbonyl (C=O) groups excluding carboxylic acids is 2. The van der Waals surface area contributed by atoms with E-state index < -0.39 is 16.7 Å². The number of nitrogens with one attached hydrogen (secondary N) is 2. The number of esters is 1. The molecule has 3 rings (SSSR count). The molecule has 2 aromatic rings. The minimum Gasteiger partial charge on any atom is -0.463 e. The second kappa shape index (κ2) is 5.98. The number of aromatic nitrogens is 1. The highest BCUT2D eigenvalue weighted by Gasteiger charge is 2.52. The Labute approximate surface area is 135 Å². The third-order valence-electron chi connectivity index (χ3n) is 3.00. The number of anilines is 2. The number of hydrogen-bond donors (Lipinski definition) is 2. The van der Waals surface area contributed by atoms with Gasteiger partial charge in [0.05, 0.1) is 12.3 Å². The lowest BCUT2D eigenvalue weighted by atomic mass is 10.2. The van der Waals surface area contributed by atoms with Crippen LogP contribution < -0.4 is 10.6 Å². The van der Waals surface area contributed by atoms with Crippen LogP contribution in [0.2, 0.25) is 0 Å². The van der Waals surface area contributed by atoms with Gasteiger partial charge in [-0.15, -0.1) is 11.3 Å². The van der Waals surface area contributed by atoms with E-state index in [1.165, 1.54) is 11.3 Å². The summed E-state index contributed by atoms with van der Waals surface area (Å²) in [7, 11) is 0. The second-order valence-electron chi connectivity index (χ2n) is 4.42.